The molecule has 0 saturated carbocycles. The van der Waals surface area contributed by atoms with E-state index in [2.05, 4.69) is 11.8 Å². The highest BCUT2D eigenvalue weighted by Crippen LogP contribution is 2.42. The number of methoxy groups -OCH3 is 1. The van der Waals surface area contributed by atoms with Crippen molar-refractivity contribution in [1.82, 2.24) is 0 Å². The number of hydrogen-bond donors (Lipinski definition) is 1. The molecule has 0 amide bonds. The van der Waals surface area contributed by atoms with Gasteiger partial charge in [-0.05, 0) is 18.9 Å². The summed E-state index contributed by atoms with van der Waals surface area (Å²) in [5, 5.41) is 6.95. The monoisotopic (exact) mass is 280 g/mol. The molecule has 0 radical (unpaired) electrons. The fraction of sp³-hybridized carbons (Fsp3) is 1.00. The van der Waals surface area contributed by atoms with Crippen LogP contribution in [0.25, 0.3) is 0 Å². The fourth-order valence-electron chi connectivity index (χ4n) is 2.92. The Hall–Kier alpha value is 0.0169. The number of ether oxygens (including phenoxy) is 1. The van der Waals surface area contributed by atoms with Crippen molar-refractivity contribution in [2.75, 3.05) is 28.4 Å². The molecular formula is C12H28O5Si. The zero-order valence-corrected chi connectivity index (χ0v) is 13.3. The molecule has 5 nitrogen and oxygen atoms in total. The molecule has 0 aromatic rings. The van der Waals surface area contributed by atoms with Crippen LogP contribution in [-0.2, 0) is 18.5 Å². The van der Waals surface area contributed by atoms with Crippen molar-refractivity contribution in [3.8, 4) is 0 Å². The van der Waals surface area contributed by atoms with Crippen LogP contribution in [0.5, 0.6) is 0 Å². The molecule has 1 N–H and O–H groups in total. The predicted molar refractivity (Wildman–Crippen MR) is 72.7 cm³/mol. The lowest BCUT2D eigenvalue weighted by Crippen LogP contribution is -2.64. The summed E-state index contributed by atoms with van der Waals surface area (Å²) in [7, 11) is 4.40. The van der Waals surface area contributed by atoms with E-state index in [9.17, 15) is 0 Å². The van der Waals surface area contributed by atoms with E-state index in [4.69, 9.17) is 18.8 Å². The minimum absolute atomic E-state index is 0.122. The molecule has 1 atom stereocenters. The van der Waals surface area contributed by atoms with Gasteiger partial charge in [0.1, 0.15) is 5.22 Å². The highest BCUT2D eigenvalue weighted by Gasteiger charge is 2.58. The molecule has 0 aliphatic carbocycles. The molecule has 1 aliphatic heterocycles. The van der Waals surface area contributed by atoms with Gasteiger partial charge < -0.3 is 13.6 Å². The first-order chi connectivity index (χ1) is 8.61. The summed E-state index contributed by atoms with van der Waals surface area (Å²) in [4.78, 5) is 3.25. The van der Waals surface area contributed by atoms with Gasteiger partial charge in [0.15, 0.2) is 0 Å². The standard InChI is InChI=1S/C11H24O3Si.CH4O2/c1-5-8-11(12-2)9-6-7-10-15(11,13-3)14-4;1-3-2/h5-10H2,1-4H3;2H,1H3. The van der Waals surface area contributed by atoms with Crippen molar-refractivity contribution in [3.05, 3.63) is 0 Å². The SMILES string of the molecule is CCCC1(OC)CCCC[Si]1(OC)OC.COO. The van der Waals surface area contributed by atoms with Crippen molar-refractivity contribution in [2.24, 2.45) is 0 Å². The van der Waals surface area contributed by atoms with Crippen LogP contribution in [0, 0.1) is 0 Å². The smallest absolute Gasteiger partial charge is 0.370 e. The van der Waals surface area contributed by atoms with E-state index >= 15 is 0 Å². The molecule has 0 spiro atoms. The van der Waals surface area contributed by atoms with Crippen LogP contribution in [0.15, 0.2) is 0 Å². The molecule has 1 saturated heterocycles. The molecule has 1 heterocycles. The topological polar surface area (TPSA) is 57.2 Å². The summed E-state index contributed by atoms with van der Waals surface area (Å²) in [6.07, 6.45) is 5.70. The number of rotatable bonds is 5. The van der Waals surface area contributed by atoms with Gasteiger partial charge in [0.25, 0.3) is 0 Å². The summed E-state index contributed by atoms with van der Waals surface area (Å²) in [6.45, 7) is 2.19. The van der Waals surface area contributed by atoms with Crippen LogP contribution in [0.3, 0.4) is 0 Å². The summed E-state index contributed by atoms with van der Waals surface area (Å²) < 4.78 is 17.4. The first-order valence-corrected chi connectivity index (χ1v) is 8.47. The Morgan fingerprint density at radius 2 is 1.67 bits per heavy atom. The normalized spacial score (nSPS) is 26.3. The minimum Gasteiger partial charge on any atom is -0.396 e. The van der Waals surface area contributed by atoms with Crippen LogP contribution >= 0.6 is 0 Å². The minimum atomic E-state index is -2.15. The average Bonchev–Trinajstić information content (AvgIpc) is 2.40. The third-order valence-corrected chi connectivity index (χ3v) is 8.16. The Morgan fingerprint density at radius 3 is 2.06 bits per heavy atom. The second-order valence-electron chi connectivity index (χ2n) is 4.50. The van der Waals surface area contributed by atoms with Crippen molar-refractivity contribution >= 4 is 8.56 Å². The second kappa shape index (κ2) is 9.01. The van der Waals surface area contributed by atoms with E-state index in [1.165, 1.54) is 20.0 Å². The van der Waals surface area contributed by atoms with Crippen LogP contribution in [0.4, 0.5) is 0 Å². The van der Waals surface area contributed by atoms with Crippen LogP contribution < -0.4 is 0 Å². The van der Waals surface area contributed by atoms with Gasteiger partial charge >= 0.3 is 8.56 Å². The Kier molecular flexibility index (Phi) is 9.01. The van der Waals surface area contributed by atoms with E-state index in [0.29, 0.717) is 0 Å². The van der Waals surface area contributed by atoms with Crippen LogP contribution in [0.1, 0.15) is 39.0 Å². The van der Waals surface area contributed by atoms with E-state index in [1.807, 2.05) is 0 Å². The molecule has 1 fully saturated rings. The third-order valence-electron chi connectivity index (χ3n) is 3.73. The van der Waals surface area contributed by atoms with Crippen LogP contribution in [-0.4, -0.2) is 47.5 Å². The Bertz CT molecular complexity index is 207. The van der Waals surface area contributed by atoms with Crippen molar-refractivity contribution in [1.29, 1.82) is 0 Å². The summed E-state index contributed by atoms with van der Waals surface area (Å²) in [5.41, 5.74) is 0. The van der Waals surface area contributed by atoms with Crippen molar-refractivity contribution in [2.45, 2.75) is 50.3 Å². The molecule has 0 bridgehead atoms. The summed E-state index contributed by atoms with van der Waals surface area (Å²) >= 11 is 0. The van der Waals surface area contributed by atoms with Crippen molar-refractivity contribution in [3.63, 3.8) is 0 Å². The summed E-state index contributed by atoms with van der Waals surface area (Å²) in [6, 6.07) is 1.06. The highest BCUT2D eigenvalue weighted by molar-refractivity contribution is 6.70. The van der Waals surface area contributed by atoms with E-state index in [-0.39, 0.29) is 5.22 Å². The molecule has 0 aromatic carbocycles. The zero-order chi connectivity index (χ0) is 14.1. The van der Waals surface area contributed by atoms with Gasteiger partial charge in [-0.25, -0.2) is 4.89 Å². The Labute approximate surface area is 112 Å². The maximum Gasteiger partial charge on any atom is 0.370 e. The Morgan fingerprint density at radius 1 is 1.11 bits per heavy atom. The lowest BCUT2D eigenvalue weighted by molar-refractivity contribution is -0.214. The molecule has 0 aromatic heterocycles. The van der Waals surface area contributed by atoms with Gasteiger partial charge in [0, 0.05) is 21.3 Å². The first kappa shape index (κ1) is 18.0. The van der Waals surface area contributed by atoms with Crippen LogP contribution in [0.2, 0.25) is 6.04 Å². The van der Waals surface area contributed by atoms with Gasteiger partial charge in [-0.3, -0.25) is 5.26 Å². The first-order valence-electron chi connectivity index (χ1n) is 6.45. The van der Waals surface area contributed by atoms with Crippen molar-refractivity contribution < 1.29 is 23.7 Å². The molecule has 1 aliphatic rings. The van der Waals surface area contributed by atoms with Gasteiger partial charge in [0.2, 0.25) is 0 Å². The maximum atomic E-state index is 7.07. The van der Waals surface area contributed by atoms with Gasteiger partial charge in [-0.2, -0.15) is 0 Å². The number of hydrogen-bond acceptors (Lipinski definition) is 5. The highest BCUT2D eigenvalue weighted by atomic mass is 28.4. The average molecular weight is 280 g/mol. The largest absolute Gasteiger partial charge is 0.396 e. The van der Waals surface area contributed by atoms with Gasteiger partial charge in [-0.1, -0.05) is 26.2 Å². The fourth-order valence-corrected chi connectivity index (χ4v) is 6.91. The van der Waals surface area contributed by atoms with Gasteiger partial charge in [-0.15, -0.1) is 0 Å². The second-order valence-corrected chi connectivity index (χ2v) is 8.23. The zero-order valence-electron chi connectivity index (χ0n) is 12.3. The molecule has 1 unspecified atom stereocenters. The van der Waals surface area contributed by atoms with Gasteiger partial charge in [0.05, 0.1) is 7.11 Å². The predicted octanol–water partition coefficient (Wildman–Crippen LogP) is 2.74. The van der Waals surface area contributed by atoms with E-state index < -0.39 is 8.56 Å². The molecular weight excluding hydrogens is 252 g/mol. The van der Waals surface area contributed by atoms with E-state index in [1.54, 1.807) is 21.3 Å². The maximum absolute atomic E-state index is 7.07. The molecule has 110 valence electrons. The molecule has 1 rings (SSSR count). The lowest BCUT2D eigenvalue weighted by atomic mass is 10.1. The molecule has 18 heavy (non-hydrogen) atoms. The Balaban J connectivity index is 0.000000873. The quantitative estimate of drug-likeness (QED) is 0.477. The molecule has 6 heteroatoms. The lowest BCUT2D eigenvalue weighted by Gasteiger charge is -2.47. The third kappa shape index (κ3) is 3.75. The summed E-state index contributed by atoms with van der Waals surface area (Å²) in [5.74, 6) is 0. The van der Waals surface area contributed by atoms with E-state index in [0.717, 1.165) is 25.3 Å².